The van der Waals surface area contributed by atoms with Gasteiger partial charge in [0.25, 0.3) is 0 Å². The normalized spacial score (nSPS) is 20.7. The number of rotatable bonds is 2. The third kappa shape index (κ3) is 1.94. The maximum Gasteiger partial charge on any atom is 0.202 e. The van der Waals surface area contributed by atoms with Gasteiger partial charge in [-0.2, -0.15) is 5.10 Å². The summed E-state index contributed by atoms with van der Waals surface area (Å²) in [7, 11) is 1.83. The Labute approximate surface area is 121 Å². The van der Waals surface area contributed by atoms with Gasteiger partial charge in [0.15, 0.2) is 12.0 Å². The van der Waals surface area contributed by atoms with Gasteiger partial charge >= 0.3 is 0 Å². The molecule has 0 aliphatic carbocycles. The summed E-state index contributed by atoms with van der Waals surface area (Å²) in [5.74, 6) is 0.874. The summed E-state index contributed by atoms with van der Waals surface area (Å²) in [5.41, 5.74) is 1.72. The van der Waals surface area contributed by atoms with E-state index in [1.807, 2.05) is 49.6 Å². The highest BCUT2D eigenvalue weighted by Gasteiger charge is 2.35. The van der Waals surface area contributed by atoms with E-state index in [9.17, 15) is 4.39 Å². The molecule has 6 heteroatoms. The van der Waals surface area contributed by atoms with Gasteiger partial charge in [-0.25, -0.2) is 14.1 Å². The molecule has 1 aliphatic heterocycles. The van der Waals surface area contributed by atoms with Crippen LogP contribution in [0.15, 0.2) is 42.6 Å². The molecule has 2 aromatic heterocycles. The Hall–Kier alpha value is -2.50. The zero-order valence-corrected chi connectivity index (χ0v) is 11.5. The highest BCUT2D eigenvalue weighted by Crippen LogP contribution is 2.39. The first kappa shape index (κ1) is 12.3. The summed E-state index contributed by atoms with van der Waals surface area (Å²) in [4.78, 5) is 4.33. The smallest absolute Gasteiger partial charge is 0.202 e. The number of benzene rings is 1. The topological polar surface area (TPSA) is 48.5 Å². The molecule has 3 aromatic rings. The Morgan fingerprint density at radius 2 is 1.95 bits per heavy atom. The van der Waals surface area contributed by atoms with Crippen molar-refractivity contribution in [3.05, 3.63) is 54.0 Å². The van der Waals surface area contributed by atoms with Crippen LogP contribution in [0.5, 0.6) is 0 Å². The SMILES string of the molecule is Cn1ccc(-c2nc3n(n2)C(c2ccccc2)CC3F)n1. The number of aryl methyl sites for hydroxylation is 1. The van der Waals surface area contributed by atoms with Crippen LogP contribution in [0.1, 0.15) is 30.0 Å². The third-order valence-corrected chi connectivity index (χ3v) is 3.79. The van der Waals surface area contributed by atoms with E-state index < -0.39 is 6.17 Å². The maximum absolute atomic E-state index is 14.2. The van der Waals surface area contributed by atoms with Crippen LogP contribution in [-0.4, -0.2) is 24.5 Å². The van der Waals surface area contributed by atoms with Crippen LogP contribution < -0.4 is 0 Å². The summed E-state index contributed by atoms with van der Waals surface area (Å²) in [6.45, 7) is 0. The summed E-state index contributed by atoms with van der Waals surface area (Å²) in [5, 5.41) is 8.74. The van der Waals surface area contributed by atoms with Crippen molar-refractivity contribution in [2.45, 2.75) is 18.6 Å². The molecular formula is C15H14FN5. The van der Waals surface area contributed by atoms with Crippen molar-refractivity contribution >= 4 is 0 Å². The number of nitrogens with zero attached hydrogens (tertiary/aromatic N) is 5. The first-order chi connectivity index (χ1) is 10.2. The van der Waals surface area contributed by atoms with E-state index in [1.165, 1.54) is 0 Å². The fraction of sp³-hybridized carbons (Fsp3) is 0.267. The van der Waals surface area contributed by atoms with E-state index in [0.29, 0.717) is 23.8 Å². The molecule has 0 amide bonds. The second-order valence-electron chi connectivity index (χ2n) is 5.24. The van der Waals surface area contributed by atoms with Gasteiger partial charge in [0.1, 0.15) is 5.69 Å². The van der Waals surface area contributed by atoms with Crippen LogP contribution in [0.4, 0.5) is 4.39 Å². The monoisotopic (exact) mass is 283 g/mol. The highest BCUT2D eigenvalue weighted by molar-refractivity contribution is 5.48. The van der Waals surface area contributed by atoms with Crippen LogP contribution in [-0.2, 0) is 7.05 Å². The summed E-state index contributed by atoms with van der Waals surface area (Å²) >= 11 is 0. The van der Waals surface area contributed by atoms with E-state index in [-0.39, 0.29) is 6.04 Å². The predicted octanol–water partition coefficient (Wildman–Crippen LogP) is 2.68. The molecule has 106 valence electrons. The largest absolute Gasteiger partial charge is 0.275 e. The summed E-state index contributed by atoms with van der Waals surface area (Å²) in [6, 6.07) is 11.6. The average molecular weight is 283 g/mol. The first-order valence-corrected chi connectivity index (χ1v) is 6.88. The molecule has 0 saturated heterocycles. The maximum atomic E-state index is 14.2. The fourth-order valence-corrected chi connectivity index (χ4v) is 2.77. The van der Waals surface area contributed by atoms with Gasteiger partial charge < -0.3 is 0 Å². The second-order valence-corrected chi connectivity index (χ2v) is 5.24. The minimum Gasteiger partial charge on any atom is -0.275 e. The van der Waals surface area contributed by atoms with Gasteiger partial charge in [-0.05, 0) is 11.6 Å². The molecule has 1 aromatic carbocycles. The van der Waals surface area contributed by atoms with E-state index in [0.717, 1.165) is 5.56 Å². The molecule has 0 saturated carbocycles. The number of halogens is 1. The molecule has 1 aliphatic rings. The molecule has 0 N–H and O–H groups in total. The molecule has 0 bridgehead atoms. The van der Waals surface area contributed by atoms with Crippen LogP contribution in [0.25, 0.3) is 11.5 Å². The lowest BCUT2D eigenvalue weighted by atomic mass is 10.0. The standard InChI is InChI=1S/C15H14FN5/c1-20-8-7-12(18-20)14-17-15-11(16)9-13(21(15)19-14)10-5-3-2-4-6-10/h2-8,11,13H,9H2,1H3. The van der Waals surface area contributed by atoms with Gasteiger partial charge in [0.05, 0.1) is 6.04 Å². The van der Waals surface area contributed by atoms with Crippen LogP contribution in [0.2, 0.25) is 0 Å². The lowest BCUT2D eigenvalue weighted by molar-refractivity contribution is 0.329. The highest BCUT2D eigenvalue weighted by atomic mass is 19.1. The second kappa shape index (κ2) is 4.51. The molecule has 2 atom stereocenters. The Morgan fingerprint density at radius 3 is 2.67 bits per heavy atom. The van der Waals surface area contributed by atoms with Crippen molar-refractivity contribution in [3.8, 4) is 11.5 Å². The average Bonchev–Trinajstić information content (AvgIpc) is 3.17. The van der Waals surface area contributed by atoms with Crippen molar-refractivity contribution in [2.24, 2.45) is 7.05 Å². The number of fused-ring (bicyclic) bond motifs is 1. The summed E-state index contributed by atoms with van der Waals surface area (Å²) in [6.07, 6.45) is 1.13. The van der Waals surface area contributed by atoms with Crippen molar-refractivity contribution in [1.29, 1.82) is 0 Å². The molecule has 0 spiro atoms. The number of hydrogen-bond donors (Lipinski definition) is 0. The Bertz CT molecular complexity index is 776. The molecule has 4 rings (SSSR count). The Kier molecular flexibility index (Phi) is 2.63. The van der Waals surface area contributed by atoms with E-state index in [4.69, 9.17) is 0 Å². The van der Waals surface area contributed by atoms with Gasteiger partial charge in [0.2, 0.25) is 5.82 Å². The minimum atomic E-state index is -1.08. The Balaban J connectivity index is 1.77. The molecule has 3 heterocycles. The third-order valence-electron chi connectivity index (χ3n) is 3.79. The van der Waals surface area contributed by atoms with Crippen LogP contribution >= 0.6 is 0 Å². The zero-order chi connectivity index (χ0) is 14.4. The van der Waals surface area contributed by atoms with Crippen molar-refractivity contribution < 1.29 is 4.39 Å². The first-order valence-electron chi connectivity index (χ1n) is 6.88. The van der Waals surface area contributed by atoms with E-state index in [2.05, 4.69) is 15.2 Å². The minimum absolute atomic E-state index is 0.0961. The fourth-order valence-electron chi connectivity index (χ4n) is 2.77. The summed E-state index contributed by atoms with van der Waals surface area (Å²) < 4.78 is 17.6. The van der Waals surface area contributed by atoms with Crippen molar-refractivity contribution in [3.63, 3.8) is 0 Å². The zero-order valence-electron chi connectivity index (χ0n) is 11.5. The Morgan fingerprint density at radius 1 is 1.14 bits per heavy atom. The molecule has 0 fully saturated rings. The molecular weight excluding hydrogens is 269 g/mol. The lowest BCUT2D eigenvalue weighted by Crippen LogP contribution is -2.07. The molecule has 2 unspecified atom stereocenters. The van der Waals surface area contributed by atoms with Gasteiger partial charge in [0, 0.05) is 19.7 Å². The van der Waals surface area contributed by atoms with Crippen LogP contribution in [0, 0.1) is 0 Å². The number of alkyl halides is 1. The number of hydrogen-bond acceptors (Lipinski definition) is 3. The van der Waals surface area contributed by atoms with Gasteiger partial charge in [-0.3, -0.25) is 4.68 Å². The molecule has 5 nitrogen and oxygen atoms in total. The lowest BCUT2D eigenvalue weighted by Gasteiger charge is -2.11. The van der Waals surface area contributed by atoms with Crippen molar-refractivity contribution in [1.82, 2.24) is 24.5 Å². The van der Waals surface area contributed by atoms with E-state index >= 15 is 0 Å². The van der Waals surface area contributed by atoms with Crippen molar-refractivity contribution in [2.75, 3.05) is 0 Å². The van der Waals surface area contributed by atoms with Crippen LogP contribution in [0.3, 0.4) is 0 Å². The van der Waals surface area contributed by atoms with Gasteiger partial charge in [-0.1, -0.05) is 30.3 Å². The predicted molar refractivity (Wildman–Crippen MR) is 75.3 cm³/mol. The quantitative estimate of drug-likeness (QED) is 0.726. The van der Waals surface area contributed by atoms with Gasteiger partial charge in [-0.15, -0.1) is 5.10 Å². The van der Waals surface area contributed by atoms with E-state index in [1.54, 1.807) is 9.36 Å². The molecule has 21 heavy (non-hydrogen) atoms. The number of aromatic nitrogens is 5. The molecule has 0 radical (unpaired) electrons.